The summed E-state index contributed by atoms with van der Waals surface area (Å²) in [5, 5.41) is 51.4. The minimum Gasteiger partial charge on any atom is -0.382 e. The second-order valence-electron chi connectivity index (χ2n) is 32.8. The van der Waals surface area contributed by atoms with Crippen LogP contribution >= 0.6 is 0 Å². The molecule has 5 aromatic heterocycles. The summed E-state index contributed by atoms with van der Waals surface area (Å²) >= 11 is 0. The van der Waals surface area contributed by atoms with Crippen LogP contribution in [0.1, 0.15) is 137 Å². The topological polar surface area (TPSA) is 333 Å². The number of nitrogens with one attached hydrogen (secondary N) is 4. The summed E-state index contributed by atoms with van der Waals surface area (Å²) in [5.41, 5.74) is 18.0. The van der Waals surface area contributed by atoms with Crippen molar-refractivity contribution in [2.24, 2.45) is 0 Å². The van der Waals surface area contributed by atoms with Crippen LogP contribution < -0.4 is 21.3 Å². The molecule has 4 saturated heterocycles. The lowest BCUT2D eigenvalue weighted by Crippen LogP contribution is -2.42. The van der Waals surface area contributed by atoms with Crippen LogP contribution in [0, 0.1) is 34.0 Å². The van der Waals surface area contributed by atoms with Crippen LogP contribution in [-0.2, 0) is 59.6 Å². The highest BCUT2D eigenvalue weighted by Gasteiger charge is 2.32. The molecule has 1 aliphatic carbocycles. The summed E-state index contributed by atoms with van der Waals surface area (Å²) in [5.74, 6) is 0.864. The van der Waals surface area contributed by atoms with E-state index >= 15 is 0 Å². The van der Waals surface area contributed by atoms with E-state index in [4.69, 9.17) is 0 Å². The molecule has 29 heteroatoms. The zero-order valence-electron chi connectivity index (χ0n) is 71.3. The molecule has 12 aromatic rings. The number of aromatic nitrogens is 5. The fraction of sp³-hybridized carbons (Fsp3) is 0.354. The van der Waals surface area contributed by atoms with E-state index in [0.29, 0.717) is 80.5 Å². The molecule has 0 atom stereocenters. The van der Waals surface area contributed by atoms with Crippen molar-refractivity contribution in [1.29, 1.82) is 15.8 Å². The molecule has 0 unspecified atom stereocenters. The summed E-state index contributed by atoms with van der Waals surface area (Å²) in [6.07, 6.45) is 30.4. The van der Waals surface area contributed by atoms with Gasteiger partial charge in [0, 0.05) is 194 Å². The van der Waals surface area contributed by atoms with Crippen molar-refractivity contribution in [3.8, 4) is 62.7 Å². The lowest BCUT2D eigenvalue weighted by atomic mass is 9.95. The quantitative estimate of drug-likeness (QED) is 0.0490. The third kappa shape index (κ3) is 22.5. The average Bonchev–Trinajstić information content (AvgIpc) is 1.31. The number of rotatable bonds is 22. The molecule has 5 fully saturated rings. The number of alkyl halides is 1. The number of benzene rings is 7. The Balaban J connectivity index is 0.000000136. The maximum atomic E-state index is 13.1. The second-order valence-corrected chi connectivity index (χ2v) is 41.3. The van der Waals surface area contributed by atoms with Gasteiger partial charge < -0.3 is 21.3 Å². The maximum absolute atomic E-state index is 13.1. The molecule has 4 aliphatic heterocycles. The van der Waals surface area contributed by atoms with Gasteiger partial charge in [-0.3, -0.25) is 24.9 Å². The van der Waals surface area contributed by atoms with Crippen LogP contribution in [0.15, 0.2) is 195 Å². The van der Waals surface area contributed by atoms with E-state index in [-0.39, 0.29) is 35.7 Å². The fourth-order valence-corrected chi connectivity index (χ4v) is 20.9. The Morgan fingerprint density at radius 2 is 0.640 bits per heavy atom. The summed E-state index contributed by atoms with van der Waals surface area (Å²) in [6.45, 7) is 11.2. The number of fused-ring (bicyclic) bond motifs is 4. The Morgan fingerprint density at radius 1 is 0.344 bits per heavy atom. The number of nitriles is 3. The average molecular weight is 1760 g/mol. The van der Waals surface area contributed by atoms with E-state index in [1.807, 2.05) is 104 Å². The number of hydrogen-bond donors (Lipinski definition) is 4. The molecule has 648 valence electrons. The Hall–Kier alpha value is -11.4. The first-order chi connectivity index (χ1) is 60.2. The minimum absolute atomic E-state index is 0.144. The first-order valence-corrected chi connectivity index (χ1v) is 49.7. The van der Waals surface area contributed by atoms with Gasteiger partial charge in [0.2, 0.25) is 40.1 Å². The highest BCUT2D eigenvalue weighted by Crippen LogP contribution is 2.44. The largest absolute Gasteiger partial charge is 0.382 e. The number of piperidine rings is 4. The lowest BCUT2D eigenvalue weighted by Gasteiger charge is -2.32. The Bertz CT molecular complexity index is 6570. The molecule has 125 heavy (non-hydrogen) atoms. The highest BCUT2D eigenvalue weighted by atomic mass is 32.2. The minimum atomic E-state index is -3.15. The van der Waals surface area contributed by atoms with Gasteiger partial charge in [0.15, 0.2) is 0 Å². The highest BCUT2D eigenvalue weighted by molar-refractivity contribution is 7.89. The van der Waals surface area contributed by atoms with Crippen molar-refractivity contribution in [3.05, 3.63) is 234 Å². The molecule has 17 rings (SSSR count). The monoisotopic (exact) mass is 1760 g/mol. The van der Waals surface area contributed by atoms with Crippen LogP contribution in [0.2, 0.25) is 0 Å². The van der Waals surface area contributed by atoms with Crippen LogP contribution in [0.3, 0.4) is 0 Å². The number of anilines is 4. The van der Waals surface area contributed by atoms with Crippen LogP contribution in [0.4, 0.5) is 27.1 Å². The predicted octanol–water partition coefficient (Wildman–Crippen LogP) is 17.2. The number of sulfonamides is 4. The van der Waals surface area contributed by atoms with Crippen LogP contribution in [0.5, 0.6) is 0 Å². The molecular formula is C96H105FN16O8S4. The van der Waals surface area contributed by atoms with Gasteiger partial charge in [-0.25, -0.2) is 55.3 Å². The van der Waals surface area contributed by atoms with E-state index in [1.54, 1.807) is 57.7 Å². The number of hydrogen-bond acceptors (Lipinski definition) is 20. The number of aryl methyl sites for hydroxylation is 2. The van der Waals surface area contributed by atoms with Crippen molar-refractivity contribution >= 4 is 106 Å². The molecular weight excluding hydrogens is 1650 g/mol. The van der Waals surface area contributed by atoms with E-state index in [9.17, 15) is 53.8 Å². The van der Waals surface area contributed by atoms with Crippen LogP contribution in [-0.4, -0.2) is 176 Å². The normalized spacial score (nSPS) is 16.3. The van der Waals surface area contributed by atoms with Gasteiger partial charge in [0.25, 0.3) is 0 Å². The van der Waals surface area contributed by atoms with Gasteiger partial charge in [0.1, 0.15) is 6.67 Å². The molecule has 1 saturated carbocycles. The molecule has 7 aromatic carbocycles. The molecule has 4 N–H and O–H groups in total. The van der Waals surface area contributed by atoms with Crippen molar-refractivity contribution in [2.75, 3.05) is 97.6 Å². The van der Waals surface area contributed by atoms with Crippen LogP contribution in [0.25, 0.3) is 87.6 Å². The van der Waals surface area contributed by atoms with E-state index in [1.165, 1.54) is 41.4 Å². The fourth-order valence-electron chi connectivity index (χ4n) is 16.9. The Labute approximate surface area is 733 Å². The van der Waals surface area contributed by atoms with Gasteiger partial charge in [-0.15, -0.1) is 0 Å². The standard InChI is InChI=1S/C26H28N4O2S.C25H28N4O2S.C24H26N4O2S.C21H23FN4O2S/c1-2-33(31,32)30-9-6-24(7-10-30)29-26-15-23(13-20-5-8-28-17-25(20)26)22-12-18(16-27)11-21(14-22)19-3-4-19;1-3-18-11-19(16-26)13-21(12-18)22-14-20-5-8-27-17-24(20)25(15-22)28-23-6-9-29(10-7-23)32(30,31)4-2;1-3-17-10-18(15-25)12-20(11-17)21-13-19-4-7-26-16-23(19)24(14-21)27-22-5-8-28(9-6-22)31(2,29)30;1-29(27,28)26-6-3-19(4-7-26)25-21-10-17(9-16-2-5-23-14-20(16)21)18-8-15(11-22)12-24-13-18/h5,8,11-15,17,19,24,29H,2-4,6-7,9-10H2,1H3;5,8,11-15,17,23,28H,3-4,6-7,9-10H2,1-2H3;4,7,10-14,16,22,27H,3,5-6,8-9H2,1-2H3;2,5,8-10,12-14,19,25H,3-4,6-7,11H2,1H3. The lowest BCUT2D eigenvalue weighted by molar-refractivity contribution is 0.330. The maximum Gasteiger partial charge on any atom is 0.213 e. The third-order valence-electron chi connectivity index (χ3n) is 24.2. The molecule has 9 heterocycles. The smallest absolute Gasteiger partial charge is 0.213 e. The van der Waals surface area contributed by atoms with Gasteiger partial charge in [0.05, 0.1) is 58.9 Å². The molecule has 5 aliphatic rings. The third-order valence-corrected chi connectivity index (χ3v) is 30.6. The predicted molar refractivity (Wildman–Crippen MR) is 498 cm³/mol. The number of nitrogens with zero attached hydrogens (tertiary/aromatic N) is 12. The zero-order valence-corrected chi connectivity index (χ0v) is 74.5. The molecule has 0 spiro atoms. The van der Waals surface area contributed by atoms with Gasteiger partial charge >= 0.3 is 0 Å². The summed E-state index contributed by atoms with van der Waals surface area (Å²) in [4.78, 5) is 21.3. The first kappa shape index (κ1) is 89.8. The second kappa shape index (κ2) is 39.8. The first-order valence-electron chi connectivity index (χ1n) is 42.8. The Kier molecular flexibility index (Phi) is 28.6. The van der Waals surface area contributed by atoms with E-state index in [2.05, 4.69) is 133 Å². The SMILES string of the molecule is CCS(=O)(=O)N1CCC(Nc2cc(-c3cc(C#N)cc(C4CC4)c3)cc3ccncc23)CC1.CCc1cc(C#N)cc(-c2cc(NC3CCN(S(=O)(=O)CC)CC3)c3cnccc3c2)c1.CCc1cc(C#N)cc(-c2cc(NC3CCN(S(C)(=O)=O)CC3)c3cnccc3c2)c1.CS(=O)(=O)N1CCC(Nc2cc(-c3cncc(CF)c3)cc3ccncc23)CC1. The van der Waals surface area contributed by atoms with E-state index in [0.717, 1.165) is 186 Å². The van der Waals surface area contributed by atoms with Crippen molar-refractivity contribution in [2.45, 2.75) is 142 Å². The van der Waals surface area contributed by atoms with Gasteiger partial charge in [-0.1, -0.05) is 32.0 Å². The zero-order chi connectivity index (χ0) is 88.2. The number of halogens is 1. The summed E-state index contributed by atoms with van der Waals surface area (Å²) in [6, 6.07) is 52.4. The van der Waals surface area contributed by atoms with Gasteiger partial charge in [-0.2, -0.15) is 15.8 Å². The molecule has 24 nitrogen and oxygen atoms in total. The molecule has 0 amide bonds. The van der Waals surface area contributed by atoms with E-state index < -0.39 is 46.8 Å². The molecule has 0 bridgehead atoms. The Morgan fingerprint density at radius 3 is 0.936 bits per heavy atom. The van der Waals surface area contributed by atoms with Crippen molar-refractivity contribution in [3.63, 3.8) is 0 Å². The van der Waals surface area contributed by atoms with Crippen molar-refractivity contribution < 1.29 is 38.1 Å². The molecule has 0 radical (unpaired) electrons. The summed E-state index contributed by atoms with van der Waals surface area (Å²) in [7, 11) is -12.6. The van der Waals surface area contributed by atoms with Gasteiger partial charge in [-0.05, 0) is 289 Å². The summed E-state index contributed by atoms with van der Waals surface area (Å²) < 4.78 is 115. The van der Waals surface area contributed by atoms with Crippen molar-refractivity contribution in [1.82, 2.24) is 42.1 Å². The number of pyridine rings is 5.